The van der Waals surface area contributed by atoms with Crippen molar-refractivity contribution in [3.8, 4) is 0 Å². The Labute approximate surface area is 129 Å². The van der Waals surface area contributed by atoms with Crippen LogP contribution in [0.1, 0.15) is 45.7 Å². The number of benzene rings is 2. The minimum absolute atomic E-state index is 0.0909. The van der Waals surface area contributed by atoms with E-state index in [-0.39, 0.29) is 17.6 Å². The standard InChI is InChI=1S/C18H18N2O2/c1-11(2)20(19-3)15-10-6-9-14-16(15)18(22)13-8-5-4-7-12(13)17(14)21/h4-11,19H,1-3H3. The van der Waals surface area contributed by atoms with Crippen LogP contribution in [0.2, 0.25) is 0 Å². The molecule has 0 unspecified atom stereocenters. The maximum atomic E-state index is 12.9. The number of carbonyl (C=O) groups is 2. The maximum absolute atomic E-state index is 12.9. The van der Waals surface area contributed by atoms with Gasteiger partial charge in [-0.2, -0.15) is 0 Å². The van der Waals surface area contributed by atoms with Crippen LogP contribution < -0.4 is 10.4 Å². The second kappa shape index (κ2) is 5.39. The number of ketones is 2. The molecule has 4 heteroatoms. The zero-order valence-corrected chi connectivity index (χ0v) is 12.9. The van der Waals surface area contributed by atoms with Gasteiger partial charge in [0.05, 0.1) is 11.3 Å². The molecule has 0 saturated carbocycles. The number of hydrogen-bond acceptors (Lipinski definition) is 4. The molecule has 3 rings (SSSR count). The number of fused-ring (bicyclic) bond motifs is 2. The summed E-state index contributed by atoms with van der Waals surface area (Å²) >= 11 is 0. The van der Waals surface area contributed by atoms with Gasteiger partial charge in [-0.25, -0.2) is 5.43 Å². The van der Waals surface area contributed by atoms with Crippen molar-refractivity contribution in [1.29, 1.82) is 0 Å². The van der Waals surface area contributed by atoms with E-state index in [1.165, 1.54) is 0 Å². The molecule has 0 fully saturated rings. The topological polar surface area (TPSA) is 49.4 Å². The lowest BCUT2D eigenvalue weighted by Crippen LogP contribution is -2.42. The first-order valence-corrected chi connectivity index (χ1v) is 7.34. The molecule has 0 radical (unpaired) electrons. The highest BCUT2D eigenvalue weighted by Crippen LogP contribution is 2.33. The molecule has 0 saturated heterocycles. The van der Waals surface area contributed by atoms with E-state index in [9.17, 15) is 9.59 Å². The normalized spacial score (nSPS) is 13.1. The third kappa shape index (κ3) is 2.04. The van der Waals surface area contributed by atoms with E-state index < -0.39 is 0 Å². The van der Waals surface area contributed by atoms with E-state index in [1.807, 2.05) is 38.0 Å². The minimum Gasteiger partial charge on any atom is -0.305 e. The summed E-state index contributed by atoms with van der Waals surface area (Å²) in [5, 5.41) is 1.90. The number of nitrogens with zero attached hydrogens (tertiary/aromatic N) is 1. The largest absolute Gasteiger partial charge is 0.305 e. The minimum atomic E-state index is -0.0956. The third-order valence-corrected chi connectivity index (χ3v) is 3.95. The third-order valence-electron chi connectivity index (χ3n) is 3.95. The highest BCUT2D eigenvalue weighted by Gasteiger charge is 2.32. The first kappa shape index (κ1) is 14.5. The second-order valence-electron chi connectivity index (χ2n) is 5.59. The molecule has 0 amide bonds. The molecule has 0 spiro atoms. The summed E-state index contributed by atoms with van der Waals surface area (Å²) < 4.78 is 0. The van der Waals surface area contributed by atoms with Crippen molar-refractivity contribution in [1.82, 2.24) is 5.43 Å². The first-order valence-electron chi connectivity index (χ1n) is 7.34. The van der Waals surface area contributed by atoms with Gasteiger partial charge in [-0.05, 0) is 19.9 Å². The monoisotopic (exact) mass is 294 g/mol. The highest BCUT2D eigenvalue weighted by molar-refractivity contribution is 6.30. The lowest BCUT2D eigenvalue weighted by Gasteiger charge is -2.31. The Morgan fingerprint density at radius 2 is 1.45 bits per heavy atom. The molecule has 112 valence electrons. The summed E-state index contributed by atoms with van der Waals surface area (Å²) in [6.07, 6.45) is 0. The van der Waals surface area contributed by atoms with Crippen LogP contribution in [-0.2, 0) is 0 Å². The maximum Gasteiger partial charge on any atom is 0.196 e. The molecule has 1 aliphatic carbocycles. The zero-order valence-electron chi connectivity index (χ0n) is 12.9. The molecule has 1 aliphatic rings. The smallest absolute Gasteiger partial charge is 0.196 e. The van der Waals surface area contributed by atoms with Crippen molar-refractivity contribution < 1.29 is 9.59 Å². The van der Waals surface area contributed by atoms with E-state index in [0.717, 1.165) is 5.69 Å². The fourth-order valence-electron chi connectivity index (χ4n) is 2.98. The van der Waals surface area contributed by atoms with Gasteiger partial charge in [-0.15, -0.1) is 0 Å². The quantitative estimate of drug-likeness (QED) is 0.755. The van der Waals surface area contributed by atoms with Gasteiger partial charge in [0.15, 0.2) is 11.6 Å². The summed E-state index contributed by atoms with van der Waals surface area (Å²) in [6, 6.07) is 12.6. The second-order valence-corrected chi connectivity index (χ2v) is 5.59. The predicted molar refractivity (Wildman–Crippen MR) is 86.4 cm³/mol. The Hall–Kier alpha value is -2.46. The van der Waals surface area contributed by atoms with Crippen LogP contribution in [0.5, 0.6) is 0 Å². The fraction of sp³-hybridized carbons (Fsp3) is 0.222. The molecule has 0 aromatic heterocycles. The zero-order chi connectivity index (χ0) is 15.9. The predicted octanol–water partition coefficient (Wildman–Crippen LogP) is 2.81. The molecule has 0 heterocycles. The summed E-state index contributed by atoms with van der Waals surface area (Å²) in [5.41, 5.74) is 5.75. The van der Waals surface area contributed by atoms with Crippen molar-refractivity contribution in [2.75, 3.05) is 12.1 Å². The van der Waals surface area contributed by atoms with Gasteiger partial charge in [-0.3, -0.25) is 9.59 Å². The van der Waals surface area contributed by atoms with E-state index >= 15 is 0 Å². The van der Waals surface area contributed by atoms with Crippen LogP contribution in [-0.4, -0.2) is 24.7 Å². The van der Waals surface area contributed by atoms with Crippen LogP contribution in [0.15, 0.2) is 42.5 Å². The van der Waals surface area contributed by atoms with Crippen LogP contribution in [0.3, 0.4) is 0 Å². The van der Waals surface area contributed by atoms with Crippen molar-refractivity contribution in [2.24, 2.45) is 0 Å². The number of nitrogens with one attached hydrogen (secondary N) is 1. The van der Waals surface area contributed by atoms with Gasteiger partial charge < -0.3 is 5.01 Å². The van der Waals surface area contributed by atoms with Crippen molar-refractivity contribution in [3.63, 3.8) is 0 Å². The summed E-state index contributed by atoms with van der Waals surface area (Å²) in [7, 11) is 1.81. The van der Waals surface area contributed by atoms with E-state index in [2.05, 4.69) is 5.43 Å². The molecule has 2 aromatic carbocycles. The van der Waals surface area contributed by atoms with Crippen molar-refractivity contribution in [3.05, 3.63) is 64.7 Å². The van der Waals surface area contributed by atoms with Crippen molar-refractivity contribution >= 4 is 17.3 Å². The van der Waals surface area contributed by atoms with Gasteiger partial charge in [0.2, 0.25) is 0 Å². The Bertz CT molecular complexity index is 765. The molecule has 4 nitrogen and oxygen atoms in total. The van der Waals surface area contributed by atoms with Crippen LogP contribution >= 0.6 is 0 Å². The van der Waals surface area contributed by atoms with Gasteiger partial charge in [0.25, 0.3) is 0 Å². The van der Waals surface area contributed by atoms with Crippen molar-refractivity contribution in [2.45, 2.75) is 19.9 Å². The number of anilines is 1. The Morgan fingerprint density at radius 1 is 0.864 bits per heavy atom. The van der Waals surface area contributed by atoms with Crippen LogP contribution in [0.4, 0.5) is 5.69 Å². The van der Waals surface area contributed by atoms with Gasteiger partial charge in [0.1, 0.15) is 0 Å². The summed E-state index contributed by atoms with van der Waals surface area (Å²) in [5.74, 6) is -0.187. The lowest BCUT2D eigenvalue weighted by molar-refractivity contribution is 0.0979. The average Bonchev–Trinajstić information content (AvgIpc) is 2.53. The highest BCUT2D eigenvalue weighted by atomic mass is 16.1. The van der Waals surface area contributed by atoms with E-state index in [1.54, 1.807) is 30.3 Å². The molecule has 0 aliphatic heterocycles. The molecular weight excluding hydrogens is 276 g/mol. The fourth-order valence-corrected chi connectivity index (χ4v) is 2.98. The lowest BCUT2D eigenvalue weighted by atomic mass is 9.83. The Balaban J connectivity index is 2.25. The molecule has 22 heavy (non-hydrogen) atoms. The first-order chi connectivity index (χ1) is 10.6. The number of rotatable bonds is 3. The van der Waals surface area contributed by atoms with Crippen LogP contribution in [0.25, 0.3) is 0 Å². The summed E-state index contributed by atoms with van der Waals surface area (Å²) in [6.45, 7) is 4.05. The van der Waals surface area contributed by atoms with E-state index in [4.69, 9.17) is 0 Å². The van der Waals surface area contributed by atoms with Gasteiger partial charge in [-0.1, -0.05) is 36.4 Å². The SMILES string of the molecule is CNN(c1cccc2c1C(=O)c1ccccc1C2=O)C(C)C. The summed E-state index contributed by atoms with van der Waals surface area (Å²) in [4.78, 5) is 25.6. The molecule has 2 aromatic rings. The number of hydrazine groups is 1. The average molecular weight is 294 g/mol. The molecule has 1 N–H and O–H groups in total. The van der Waals surface area contributed by atoms with Gasteiger partial charge in [0, 0.05) is 29.8 Å². The Morgan fingerprint density at radius 3 is 2.05 bits per heavy atom. The Kier molecular flexibility index (Phi) is 3.54. The van der Waals surface area contributed by atoms with Crippen LogP contribution in [0, 0.1) is 0 Å². The molecular formula is C18H18N2O2. The number of hydrogen-bond donors (Lipinski definition) is 1. The molecule has 0 atom stereocenters. The number of carbonyl (C=O) groups excluding carboxylic acids is 2. The van der Waals surface area contributed by atoms with E-state index in [0.29, 0.717) is 22.3 Å². The molecule has 0 bridgehead atoms. The van der Waals surface area contributed by atoms with Gasteiger partial charge >= 0.3 is 0 Å².